The van der Waals surface area contributed by atoms with E-state index in [4.69, 9.17) is 0 Å². The number of nitrogens with zero attached hydrogens (tertiary/aromatic N) is 3. The van der Waals surface area contributed by atoms with E-state index in [1.54, 1.807) is 14.7 Å². The fourth-order valence-electron chi connectivity index (χ4n) is 2.52. The first-order chi connectivity index (χ1) is 11.4. The van der Waals surface area contributed by atoms with E-state index in [1.807, 2.05) is 0 Å². The van der Waals surface area contributed by atoms with E-state index >= 15 is 0 Å². The van der Waals surface area contributed by atoms with Crippen LogP contribution in [0.3, 0.4) is 0 Å². The Balaban J connectivity index is 2.68. The third-order valence-electron chi connectivity index (χ3n) is 3.73. The maximum atomic E-state index is 10.9. The van der Waals surface area contributed by atoms with E-state index in [0.29, 0.717) is 52.4 Å². The van der Waals surface area contributed by atoms with Crippen molar-refractivity contribution >= 4 is 17.9 Å². The lowest BCUT2D eigenvalue weighted by Gasteiger charge is -2.32. The molecule has 0 atom stereocenters. The highest BCUT2D eigenvalue weighted by atomic mass is 16.4. The van der Waals surface area contributed by atoms with Gasteiger partial charge < -0.3 is 35.0 Å². The maximum absolute atomic E-state index is 10.9. The molecule has 0 bridgehead atoms. The number of hydrogen-bond donors (Lipinski definition) is 1. The van der Waals surface area contributed by atoms with Crippen LogP contribution in [0.25, 0.3) is 0 Å². The van der Waals surface area contributed by atoms with Crippen molar-refractivity contribution in [3.05, 3.63) is 0 Å². The van der Waals surface area contributed by atoms with E-state index in [9.17, 15) is 29.7 Å². The van der Waals surface area contributed by atoms with Crippen molar-refractivity contribution in [2.45, 2.75) is 0 Å². The highest BCUT2D eigenvalue weighted by molar-refractivity contribution is 5.67. The van der Waals surface area contributed by atoms with Gasteiger partial charge in [0.2, 0.25) is 0 Å². The normalized spacial score (nSPS) is 20.0. The molecule has 0 amide bonds. The quantitative estimate of drug-likeness (QED) is 0.495. The molecule has 0 unspecified atom stereocenters. The van der Waals surface area contributed by atoms with Gasteiger partial charge in [0.1, 0.15) is 0 Å². The minimum atomic E-state index is -1.23. The van der Waals surface area contributed by atoms with Crippen molar-refractivity contribution in [3.63, 3.8) is 0 Å². The van der Waals surface area contributed by atoms with Crippen LogP contribution in [0.2, 0.25) is 0 Å². The summed E-state index contributed by atoms with van der Waals surface area (Å²) >= 11 is 0. The van der Waals surface area contributed by atoms with Gasteiger partial charge in [-0.2, -0.15) is 0 Å². The Kier molecular flexibility index (Phi) is 9.23. The van der Waals surface area contributed by atoms with Gasteiger partial charge in [-0.15, -0.1) is 0 Å². The van der Waals surface area contributed by atoms with Crippen molar-refractivity contribution in [2.24, 2.45) is 0 Å². The number of hydrogen-bond acceptors (Lipinski definition) is 10. The molecule has 0 aromatic rings. The van der Waals surface area contributed by atoms with Crippen LogP contribution in [-0.2, 0) is 14.4 Å². The van der Waals surface area contributed by atoms with Crippen molar-refractivity contribution in [1.29, 1.82) is 0 Å². The Morgan fingerprint density at radius 2 is 0.917 bits per heavy atom. The SMILES string of the molecule is O=C([O-])CN1CCNCCN(CC(=O)[O-])CCN(CC(=O)[O-])CC1. The maximum Gasteiger partial charge on any atom is 0.0555 e. The first-order valence-electron chi connectivity index (χ1n) is 7.84. The van der Waals surface area contributed by atoms with Gasteiger partial charge in [0.25, 0.3) is 0 Å². The molecular weight excluding hydrogens is 320 g/mol. The average Bonchev–Trinajstić information content (AvgIpc) is 2.45. The van der Waals surface area contributed by atoms with Gasteiger partial charge in [0, 0.05) is 72.0 Å². The summed E-state index contributed by atoms with van der Waals surface area (Å²) < 4.78 is 0. The second-order valence-corrected chi connectivity index (χ2v) is 5.69. The van der Waals surface area contributed by atoms with Gasteiger partial charge >= 0.3 is 0 Å². The molecule has 138 valence electrons. The number of carboxylic acid groups (broad SMARTS) is 3. The van der Waals surface area contributed by atoms with Gasteiger partial charge in [-0.1, -0.05) is 0 Å². The predicted octanol–water partition coefficient (Wildman–Crippen LogP) is -6.25. The molecule has 0 radical (unpaired) electrons. The Morgan fingerprint density at radius 1 is 0.625 bits per heavy atom. The first kappa shape index (κ1) is 20.3. The predicted molar refractivity (Wildman–Crippen MR) is 77.2 cm³/mol. The first-order valence-corrected chi connectivity index (χ1v) is 7.84. The van der Waals surface area contributed by atoms with Gasteiger partial charge in [-0.05, 0) is 0 Å². The molecule has 0 aromatic heterocycles. The summed E-state index contributed by atoms with van der Waals surface area (Å²) in [7, 11) is 0. The Bertz CT molecular complexity index is 403. The second-order valence-electron chi connectivity index (χ2n) is 5.69. The lowest BCUT2D eigenvalue weighted by atomic mass is 10.3. The minimum Gasteiger partial charge on any atom is -0.549 e. The average molecular weight is 343 g/mol. The summed E-state index contributed by atoms with van der Waals surface area (Å²) in [5.41, 5.74) is 0. The summed E-state index contributed by atoms with van der Waals surface area (Å²) in [6.07, 6.45) is 0. The molecule has 10 nitrogen and oxygen atoms in total. The number of rotatable bonds is 6. The minimum absolute atomic E-state index is 0.225. The number of nitrogens with one attached hydrogen (secondary N) is 1. The molecule has 10 heteroatoms. The number of carbonyl (C=O) groups is 3. The third kappa shape index (κ3) is 9.40. The Labute approximate surface area is 140 Å². The standard InChI is InChI=1S/C14H26N4O6/c19-12(20)9-16-3-1-15-2-4-17(10-13(21)22)6-8-18(7-5-16)11-14(23)24/h15H,1-11H2,(H,19,20)(H,21,22)(H,23,24)/p-3. The molecule has 1 aliphatic rings. The van der Waals surface area contributed by atoms with Crippen LogP contribution < -0.4 is 20.6 Å². The highest BCUT2D eigenvalue weighted by Crippen LogP contribution is 1.96. The summed E-state index contributed by atoms with van der Waals surface area (Å²) in [6.45, 7) is 2.65. The zero-order valence-electron chi connectivity index (χ0n) is 13.6. The molecule has 0 aliphatic carbocycles. The fraction of sp³-hybridized carbons (Fsp3) is 0.786. The fourth-order valence-corrected chi connectivity index (χ4v) is 2.52. The molecule has 24 heavy (non-hydrogen) atoms. The molecule has 1 N–H and O–H groups in total. The van der Waals surface area contributed by atoms with Gasteiger partial charge in [0.15, 0.2) is 0 Å². The van der Waals surface area contributed by atoms with Crippen LogP contribution in [0.15, 0.2) is 0 Å². The lowest BCUT2D eigenvalue weighted by molar-refractivity contribution is -0.308. The summed E-state index contributed by atoms with van der Waals surface area (Å²) in [6, 6.07) is 0. The van der Waals surface area contributed by atoms with Crippen LogP contribution in [0.1, 0.15) is 0 Å². The lowest BCUT2D eigenvalue weighted by Crippen LogP contribution is -2.50. The molecule has 0 aromatic carbocycles. The monoisotopic (exact) mass is 343 g/mol. The summed E-state index contributed by atoms with van der Waals surface area (Å²) in [5.74, 6) is -3.61. The topological polar surface area (TPSA) is 142 Å². The van der Waals surface area contributed by atoms with Crippen molar-refractivity contribution < 1.29 is 29.7 Å². The molecule has 1 heterocycles. The molecule has 1 rings (SSSR count). The van der Waals surface area contributed by atoms with Gasteiger partial charge in [-0.25, -0.2) is 0 Å². The van der Waals surface area contributed by atoms with Crippen molar-refractivity contribution in [2.75, 3.05) is 72.0 Å². The summed E-state index contributed by atoms with van der Waals surface area (Å²) in [4.78, 5) is 37.4. The van der Waals surface area contributed by atoms with Crippen LogP contribution in [0.5, 0.6) is 0 Å². The van der Waals surface area contributed by atoms with E-state index < -0.39 is 17.9 Å². The zero-order chi connectivity index (χ0) is 17.9. The molecule has 0 saturated carbocycles. The van der Waals surface area contributed by atoms with Crippen molar-refractivity contribution in [1.82, 2.24) is 20.0 Å². The second kappa shape index (κ2) is 10.9. The Morgan fingerprint density at radius 3 is 1.21 bits per heavy atom. The van der Waals surface area contributed by atoms with Crippen LogP contribution in [0.4, 0.5) is 0 Å². The van der Waals surface area contributed by atoms with E-state index in [0.717, 1.165) is 0 Å². The zero-order valence-corrected chi connectivity index (χ0v) is 13.6. The molecule has 1 aliphatic heterocycles. The van der Waals surface area contributed by atoms with Gasteiger partial charge in [0.05, 0.1) is 17.9 Å². The highest BCUT2D eigenvalue weighted by Gasteiger charge is 2.14. The van der Waals surface area contributed by atoms with Crippen LogP contribution in [0, 0.1) is 0 Å². The molecular formula is C14H23N4O6-3. The summed E-state index contributed by atoms with van der Waals surface area (Å²) in [5, 5.41) is 35.6. The molecule has 1 fully saturated rings. The number of carbonyl (C=O) groups excluding carboxylic acids is 3. The van der Waals surface area contributed by atoms with E-state index in [-0.39, 0.29) is 19.6 Å². The number of carboxylic acids is 3. The van der Waals surface area contributed by atoms with Crippen LogP contribution >= 0.6 is 0 Å². The largest absolute Gasteiger partial charge is 0.549 e. The molecule has 1 saturated heterocycles. The molecule has 0 spiro atoms. The Hall–Kier alpha value is -1.75. The smallest absolute Gasteiger partial charge is 0.0555 e. The van der Waals surface area contributed by atoms with E-state index in [2.05, 4.69) is 5.32 Å². The van der Waals surface area contributed by atoms with Crippen molar-refractivity contribution in [3.8, 4) is 0 Å². The van der Waals surface area contributed by atoms with Gasteiger partial charge in [-0.3, -0.25) is 14.7 Å². The van der Waals surface area contributed by atoms with Crippen LogP contribution in [-0.4, -0.2) is 105 Å². The third-order valence-corrected chi connectivity index (χ3v) is 3.73. The van der Waals surface area contributed by atoms with E-state index in [1.165, 1.54) is 0 Å². The number of aliphatic carboxylic acids is 3.